The number of nitrogens with one attached hydrogen (secondary N) is 1. The first-order valence-electron chi connectivity index (χ1n) is 7.66. The Hall–Kier alpha value is -2.63. The summed E-state index contributed by atoms with van der Waals surface area (Å²) in [5.74, 6) is -1.12. The number of benzene rings is 1. The number of rotatable bonds is 4. The number of carbonyl (C=O) groups excluding carboxylic acids is 2. The van der Waals surface area contributed by atoms with Gasteiger partial charge in [-0.1, -0.05) is 18.6 Å². The van der Waals surface area contributed by atoms with E-state index in [9.17, 15) is 9.59 Å². The number of amides is 1. The number of ether oxygens (including phenoxy) is 1. The number of aromatic nitrogens is 2. The van der Waals surface area contributed by atoms with E-state index in [0.717, 1.165) is 12.1 Å². The lowest BCUT2D eigenvalue weighted by Gasteiger charge is -2.18. The first kappa shape index (κ1) is 15.3. The third-order valence-corrected chi connectivity index (χ3v) is 4.30. The lowest BCUT2D eigenvalue weighted by molar-refractivity contribution is -0.148. The predicted octanol–water partition coefficient (Wildman–Crippen LogP) is 2.40. The van der Waals surface area contributed by atoms with Crippen LogP contribution in [-0.4, -0.2) is 28.5 Å². The Morgan fingerprint density at radius 2 is 2.04 bits per heavy atom. The van der Waals surface area contributed by atoms with Crippen LogP contribution in [0, 0.1) is 11.8 Å². The Morgan fingerprint density at radius 1 is 1.26 bits per heavy atom. The molecule has 120 valence electrons. The van der Waals surface area contributed by atoms with Crippen LogP contribution in [0.5, 0.6) is 0 Å². The van der Waals surface area contributed by atoms with E-state index >= 15 is 0 Å². The fraction of sp³-hybridized carbons (Fsp3) is 0.353. The quantitative estimate of drug-likeness (QED) is 0.880. The van der Waals surface area contributed by atoms with Gasteiger partial charge in [0.15, 0.2) is 0 Å². The normalized spacial score (nSPS) is 20.2. The smallest absolute Gasteiger partial charge is 0.309 e. The molecular weight excluding hydrogens is 294 g/mol. The Balaban J connectivity index is 1.80. The lowest BCUT2D eigenvalue weighted by Crippen LogP contribution is -2.31. The largest absolute Gasteiger partial charge is 0.469 e. The first-order valence-corrected chi connectivity index (χ1v) is 7.66. The zero-order chi connectivity index (χ0) is 16.2. The summed E-state index contributed by atoms with van der Waals surface area (Å²) in [5.41, 5.74) is 1.54. The molecule has 3 rings (SSSR count). The molecule has 2 atom stereocenters. The Kier molecular flexibility index (Phi) is 4.41. The van der Waals surface area contributed by atoms with Gasteiger partial charge in [0.05, 0.1) is 36.6 Å². The fourth-order valence-corrected chi connectivity index (χ4v) is 3.14. The zero-order valence-electron chi connectivity index (χ0n) is 12.9. The van der Waals surface area contributed by atoms with Crippen LogP contribution < -0.4 is 5.32 Å². The number of anilines is 1. The van der Waals surface area contributed by atoms with Crippen molar-refractivity contribution in [3.8, 4) is 5.69 Å². The molecule has 23 heavy (non-hydrogen) atoms. The van der Waals surface area contributed by atoms with E-state index in [1.54, 1.807) is 12.5 Å². The van der Waals surface area contributed by atoms with Gasteiger partial charge in [0.1, 0.15) is 0 Å². The van der Waals surface area contributed by atoms with Gasteiger partial charge in [-0.3, -0.25) is 9.59 Å². The molecule has 1 fully saturated rings. The molecule has 1 heterocycles. The monoisotopic (exact) mass is 313 g/mol. The third-order valence-electron chi connectivity index (χ3n) is 4.30. The van der Waals surface area contributed by atoms with Crippen LogP contribution in [0.1, 0.15) is 19.3 Å². The highest BCUT2D eigenvalue weighted by Gasteiger charge is 2.38. The average molecular weight is 313 g/mol. The van der Waals surface area contributed by atoms with Gasteiger partial charge in [-0.2, -0.15) is 0 Å². The molecule has 1 amide bonds. The maximum atomic E-state index is 12.6. The minimum absolute atomic E-state index is 0.134. The van der Waals surface area contributed by atoms with Crippen molar-refractivity contribution in [2.45, 2.75) is 19.3 Å². The molecule has 2 unspecified atom stereocenters. The highest BCUT2D eigenvalue weighted by molar-refractivity contribution is 5.97. The summed E-state index contributed by atoms with van der Waals surface area (Å²) in [4.78, 5) is 28.5. The second-order valence-corrected chi connectivity index (χ2v) is 5.64. The van der Waals surface area contributed by atoms with Crippen molar-refractivity contribution >= 4 is 17.6 Å². The summed E-state index contributed by atoms with van der Waals surface area (Å²) in [6.45, 7) is 0. The molecule has 2 aromatic rings. The van der Waals surface area contributed by atoms with E-state index in [-0.39, 0.29) is 23.7 Å². The molecule has 6 nitrogen and oxygen atoms in total. The van der Waals surface area contributed by atoms with Gasteiger partial charge in [-0.05, 0) is 25.0 Å². The summed E-state index contributed by atoms with van der Waals surface area (Å²) < 4.78 is 6.65. The number of nitrogens with zero attached hydrogens (tertiary/aromatic N) is 2. The lowest BCUT2D eigenvalue weighted by atomic mass is 9.95. The maximum Gasteiger partial charge on any atom is 0.309 e. The number of hydrogen-bond acceptors (Lipinski definition) is 4. The van der Waals surface area contributed by atoms with Gasteiger partial charge in [0.25, 0.3) is 0 Å². The minimum atomic E-state index is -0.347. The Labute approximate surface area is 134 Å². The number of imidazole rings is 1. The third kappa shape index (κ3) is 3.11. The number of hydrogen-bond donors (Lipinski definition) is 1. The van der Waals surface area contributed by atoms with Crippen LogP contribution in [0.2, 0.25) is 0 Å². The van der Waals surface area contributed by atoms with Crippen LogP contribution in [-0.2, 0) is 14.3 Å². The standard InChI is InChI=1S/C17H19N3O3/c1-23-17(22)13-6-4-5-12(13)16(21)19-14-7-2-3-8-15(14)20-10-9-18-11-20/h2-3,7-13H,4-6H2,1H3,(H,19,21). The topological polar surface area (TPSA) is 73.2 Å². The molecule has 1 N–H and O–H groups in total. The van der Waals surface area contributed by atoms with Gasteiger partial charge in [0.2, 0.25) is 5.91 Å². The summed E-state index contributed by atoms with van der Waals surface area (Å²) in [6.07, 6.45) is 7.45. The van der Waals surface area contributed by atoms with Gasteiger partial charge < -0.3 is 14.6 Å². The number of methoxy groups -OCH3 is 1. The van der Waals surface area contributed by atoms with E-state index in [2.05, 4.69) is 10.3 Å². The van der Waals surface area contributed by atoms with Crippen LogP contribution >= 0.6 is 0 Å². The second-order valence-electron chi connectivity index (χ2n) is 5.64. The molecule has 0 saturated heterocycles. The first-order chi connectivity index (χ1) is 11.2. The molecular formula is C17H19N3O3. The maximum absolute atomic E-state index is 12.6. The highest BCUT2D eigenvalue weighted by atomic mass is 16.5. The van der Waals surface area contributed by atoms with Crippen molar-refractivity contribution in [1.29, 1.82) is 0 Å². The Morgan fingerprint density at radius 3 is 2.78 bits per heavy atom. The molecule has 0 spiro atoms. The van der Waals surface area contributed by atoms with E-state index in [1.165, 1.54) is 7.11 Å². The molecule has 1 saturated carbocycles. The van der Waals surface area contributed by atoms with Gasteiger partial charge in [0, 0.05) is 12.4 Å². The summed E-state index contributed by atoms with van der Waals surface area (Å²) in [5, 5.41) is 2.95. The summed E-state index contributed by atoms with van der Waals surface area (Å²) >= 11 is 0. The summed E-state index contributed by atoms with van der Waals surface area (Å²) in [7, 11) is 1.37. The molecule has 6 heteroatoms. The summed E-state index contributed by atoms with van der Waals surface area (Å²) in [6, 6.07) is 7.51. The van der Waals surface area contributed by atoms with Crippen molar-refractivity contribution in [3.05, 3.63) is 43.0 Å². The number of carbonyl (C=O) groups is 2. The SMILES string of the molecule is COC(=O)C1CCCC1C(=O)Nc1ccccc1-n1ccnc1. The van der Waals surface area contributed by atoms with Crippen LogP contribution in [0.3, 0.4) is 0 Å². The van der Waals surface area contributed by atoms with Crippen molar-refractivity contribution in [2.24, 2.45) is 11.8 Å². The highest BCUT2D eigenvalue weighted by Crippen LogP contribution is 2.34. The van der Waals surface area contributed by atoms with Crippen molar-refractivity contribution in [1.82, 2.24) is 9.55 Å². The van der Waals surface area contributed by atoms with E-state index < -0.39 is 0 Å². The predicted molar refractivity (Wildman–Crippen MR) is 85.0 cm³/mol. The van der Waals surface area contributed by atoms with E-state index in [0.29, 0.717) is 18.5 Å². The van der Waals surface area contributed by atoms with Gasteiger partial charge in [-0.25, -0.2) is 4.98 Å². The average Bonchev–Trinajstić information content (AvgIpc) is 3.26. The van der Waals surface area contributed by atoms with Gasteiger partial charge in [-0.15, -0.1) is 0 Å². The molecule has 0 radical (unpaired) electrons. The van der Waals surface area contributed by atoms with Gasteiger partial charge >= 0.3 is 5.97 Å². The molecule has 1 aromatic heterocycles. The van der Waals surface area contributed by atoms with Crippen LogP contribution in [0.4, 0.5) is 5.69 Å². The van der Waals surface area contributed by atoms with Crippen LogP contribution in [0.15, 0.2) is 43.0 Å². The number of para-hydroxylation sites is 2. The van der Waals surface area contributed by atoms with Crippen LogP contribution in [0.25, 0.3) is 5.69 Å². The molecule has 1 aliphatic rings. The fourth-order valence-electron chi connectivity index (χ4n) is 3.14. The molecule has 0 aliphatic heterocycles. The van der Waals surface area contributed by atoms with E-state index in [1.807, 2.05) is 35.0 Å². The van der Waals surface area contributed by atoms with Crippen molar-refractivity contribution < 1.29 is 14.3 Å². The minimum Gasteiger partial charge on any atom is -0.469 e. The van der Waals surface area contributed by atoms with E-state index in [4.69, 9.17) is 4.74 Å². The number of esters is 1. The zero-order valence-corrected chi connectivity index (χ0v) is 12.9. The molecule has 1 aromatic carbocycles. The molecule has 1 aliphatic carbocycles. The van der Waals surface area contributed by atoms with Crippen molar-refractivity contribution in [2.75, 3.05) is 12.4 Å². The second kappa shape index (κ2) is 6.64. The molecule has 0 bridgehead atoms. The van der Waals surface area contributed by atoms with Crippen molar-refractivity contribution in [3.63, 3.8) is 0 Å². The Bertz CT molecular complexity index is 697.